The van der Waals surface area contributed by atoms with Crippen LogP contribution >= 0.6 is 23.2 Å². The molecule has 1 aromatic heterocycles. The van der Waals surface area contributed by atoms with Crippen LogP contribution in [0, 0.1) is 13.8 Å². The zero-order valence-electron chi connectivity index (χ0n) is 12.1. The molecule has 0 amide bonds. The molecular weight excluding hydrogens is 311 g/mol. The van der Waals surface area contributed by atoms with Crippen LogP contribution in [-0.4, -0.2) is 16.6 Å². The molecule has 0 unspecified atom stereocenters. The number of aromatic nitrogens is 2. The van der Waals surface area contributed by atoms with Crippen LogP contribution < -0.4 is 4.74 Å². The van der Waals surface area contributed by atoms with Crippen molar-refractivity contribution in [3.8, 4) is 11.6 Å². The Morgan fingerprint density at radius 3 is 2.33 bits per heavy atom. The van der Waals surface area contributed by atoms with Crippen molar-refractivity contribution >= 4 is 23.2 Å². The average molecular weight is 327 g/mol. The molecule has 6 heteroatoms. The highest BCUT2D eigenvalue weighted by molar-refractivity contribution is 6.32. The predicted octanol–water partition coefficient (Wildman–Crippen LogP) is 4.73. The predicted molar refractivity (Wildman–Crippen MR) is 83.4 cm³/mol. The van der Waals surface area contributed by atoms with Crippen molar-refractivity contribution in [3.05, 3.63) is 45.3 Å². The number of nitrogens with zero attached hydrogens (tertiary/aromatic N) is 2. The minimum atomic E-state index is 0.298. The van der Waals surface area contributed by atoms with Gasteiger partial charge in [0.05, 0.1) is 0 Å². The molecule has 0 fully saturated rings. The zero-order chi connectivity index (χ0) is 15.4. The quantitative estimate of drug-likeness (QED) is 0.745. The Kier molecular flexibility index (Phi) is 5.39. The number of aryl methyl sites for hydroxylation is 2. The molecule has 1 heterocycles. The number of halogens is 2. The summed E-state index contributed by atoms with van der Waals surface area (Å²) in [6.45, 7) is 6.64. The van der Waals surface area contributed by atoms with Crippen LogP contribution in [0.3, 0.4) is 0 Å². The van der Waals surface area contributed by atoms with Gasteiger partial charge in [0.25, 0.3) is 0 Å². The summed E-state index contributed by atoms with van der Waals surface area (Å²) >= 11 is 12.1. The fraction of sp³-hybridized carbons (Fsp3) is 0.333. The summed E-state index contributed by atoms with van der Waals surface area (Å²) in [5.74, 6) is 1.53. The van der Waals surface area contributed by atoms with E-state index in [1.165, 1.54) is 0 Å². The van der Waals surface area contributed by atoms with E-state index in [-0.39, 0.29) is 0 Å². The van der Waals surface area contributed by atoms with Crippen LogP contribution in [0.25, 0.3) is 0 Å². The van der Waals surface area contributed by atoms with Gasteiger partial charge in [-0.2, -0.15) is 4.98 Å². The molecule has 0 spiro atoms. The lowest BCUT2D eigenvalue weighted by atomic mass is 10.1. The molecule has 4 nitrogen and oxygen atoms in total. The molecule has 112 valence electrons. The smallest absolute Gasteiger partial charge is 0.224 e. The summed E-state index contributed by atoms with van der Waals surface area (Å²) in [6.07, 6.45) is 0. The third kappa shape index (κ3) is 4.30. The van der Waals surface area contributed by atoms with Crippen LogP contribution in [0.4, 0.5) is 0 Å². The molecule has 21 heavy (non-hydrogen) atoms. The maximum absolute atomic E-state index is 6.14. The molecule has 0 radical (unpaired) electrons. The monoisotopic (exact) mass is 326 g/mol. The number of hydrogen-bond donors (Lipinski definition) is 0. The van der Waals surface area contributed by atoms with Crippen LogP contribution in [0.1, 0.15) is 23.9 Å². The van der Waals surface area contributed by atoms with Crippen LogP contribution in [0.5, 0.6) is 11.6 Å². The van der Waals surface area contributed by atoms with E-state index < -0.39 is 0 Å². The second kappa shape index (κ2) is 7.07. The summed E-state index contributed by atoms with van der Waals surface area (Å²) in [4.78, 5) is 8.36. The van der Waals surface area contributed by atoms with Gasteiger partial charge in [-0.15, -0.1) is 0 Å². The van der Waals surface area contributed by atoms with Gasteiger partial charge in [0.2, 0.25) is 5.88 Å². The molecule has 0 saturated heterocycles. The van der Waals surface area contributed by atoms with Gasteiger partial charge in [-0.25, -0.2) is 4.98 Å². The third-order valence-corrected chi connectivity index (χ3v) is 3.58. The molecule has 0 aliphatic carbocycles. The highest BCUT2D eigenvalue weighted by atomic mass is 35.5. The molecular formula is C15H16Cl2N2O2. The van der Waals surface area contributed by atoms with Gasteiger partial charge >= 0.3 is 0 Å². The van der Waals surface area contributed by atoms with Crippen molar-refractivity contribution < 1.29 is 9.47 Å². The summed E-state index contributed by atoms with van der Waals surface area (Å²) in [7, 11) is 0. The lowest BCUT2D eigenvalue weighted by Gasteiger charge is -2.10. The molecule has 2 rings (SSSR count). The van der Waals surface area contributed by atoms with Gasteiger partial charge in [-0.05, 0) is 44.0 Å². The first-order valence-electron chi connectivity index (χ1n) is 6.55. The highest BCUT2D eigenvalue weighted by Gasteiger charge is 2.08. The number of ether oxygens (including phenoxy) is 2. The summed E-state index contributed by atoms with van der Waals surface area (Å²) in [5.41, 5.74) is 1.89. The van der Waals surface area contributed by atoms with E-state index in [9.17, 15) is 0 Å². The number of rotatable bonds is 5. The first kappa shape index (κ1) is 16.0. The average Bonchev–Trinajstić information content (AvgIpc) is 2.42. The van der Waals surface area contributed by atoms with E-state index in [4.69, 9.17) is 32.7 Å². The first-order chi connectivity index (χ1) is 9.99. The van der Waals surface area contributed by atoms with E-state index in [1.807, 2.05) is 32.9 Å². The second-order valence-electron chi connectivity index (χ2n) is 4.56. The Morgan fingerprint density at radius 1 is 1.05 bits per heavy atom. The van der Waals surface area contributed by atoms with Gasteiger partial charge < -0.3 is 9.47 Å². The normalized spacial score (nSPS) is 10.7. The van der Waals surface area contributed by atoms with E-state index in [0.29, 0.717) is 35.8 Å². The maximum atomic E-state index is 6.14. The van der Waals surface area contributed by atoms with Crippen molar-refractivity contribution in [3.63, 3.8) is 0 Å². The van der Waals surface area contributed by atoms with Crippen molar-refractivity contribution in [2.24, 2.45) is 0 Å². The molecule has 0 aliphatic rings. The molecule has 0 aliphatic heterocycles. The number of benzene rings is 1. The fourth-order valence-electron chi connectivity index (χ4n) is 1.84. The minimum Gasteiger partial charge on any atom is -0.439 e. The van der Waals surface area contributed by atoms with Crippen molar-refractivity contribution in [2.45, 2.75) is 27.4 Å². The highest BCUT2D eigenvalue weighted by Crippen LogP contribution is 2.29. The second-order valence-corrected chi connectivity index (χ2v) is 5.32. The largest absolute Gasteiger partial charge is 0.439 e. The van der Waals surface area contributed by atoms with Crippen molar-refractivity contribution in [1.82, 2.24) is 9.97 Å². The first-order valence-corrected chi connectivity index (χ1v) is 7.31. The summed E-state index contributed by atoms with van der Waals surface area (Å²) in [6, 6.07) is 5.28. The van der Waals surface area contributed by atoms with Crippen LogP contribution in [0.2, 0.25) is 10.2 Å². The Bertz CT molecular complexity index is 625. The maximum Gasteiger partial charge on any atom is 0.224 e. The summed E-state index contributed by atoms with van der Waals surface area (Å²) < 4.78 is 11.0. The van der Waals surface area contributed by atoms with E-state index in [1.54, 1.807) is 6.07 Å². The Balaban J connectivity index is 2.24. The van der Waals surface area contributed by atoms with E-state index in [2.05, 4.69) is 9.97 Å². The molecule has 0 N–H and O–H groups in total. The van der Waals surface area contributed by atoms with Gasteiger partial charge in [-0.1, -0.05) is 23.2 Å². The van der Waals surface area contributed by atoms with E-state index in [0.717, 1.165) is 16.1 Å². The molecule has 0 bridgehead atoms. The van der Waals surface area contributed by atoms with Gasteiger partial charge in [0.1, 0.15) is 17.5 Å². The standard InChI is InChI=1S/C15H16Cl2N2O2/c1-4-20-8-13-18-12(16)7-14(19-13)21-11-5-9(2)15(17)10(3)6-11/h5-7H,4,8H2,1-3H3. The van der Waals surface area contributed by atoms with Crippen LogP contribution in [-0.2, 0) is 11.3 Å². The third-order valence-electron chi connectivity index (χ3n) is 2.79. The molecule has 0 atom stereocenters. The number of hydrogen-bond acceptors (Lipinski definition) is 4. The lowest BCUT2D eigenvalue weighted by Crippen LogP contribution is -2.01. The summed E-state index contributed by atoms with van der Waals surface area (Å²) in [5, 5.41) is 1.05. The Labute approximate surface area is 134 Å². The van der Waals surface area contributed by atoms with Crippen molar-refractivity contribution in [2.75, 3.05) is 6.61 Å². The van der Waals surface area contributed by atoms with E-state index >= 15 is 0 Å². The molecule has 0 saturated carbocycles. The van der Waals surface area contributed by atoms with Gasteiger partial charge in [0, 0.05) is 17.7 Å². The lowest BCUT2D eigenvalue weighted by molar-refractivity contribution is 0.128. The van der Waals surface area contributed by atoms with Crippen LogP contribution in [0.15, 0.2) is 18.2 Å². The Morgan fingerprint density at radius 2 is 1.71 bits per heavy atom. The Hall–Kier alpha value is -1.36. The van der Waals surface area contributed by atoms with Crippen molar-refractivity contribution in [1.29, 1.82) is 0 Å². The topological polar surface area (TPSA) is 44.2 Å². The fourth-order valence-corrected chi connectivity index (χ4v) is 2.14. The minimum absolute atomic E-state index is 0.298. The molecule has 2 aromatic rings. The SMILES string of the molecule is CCOCc1nc(Cl)cc(Oc2cc(C)c(Cl)c(C)c2)n1. The van der Waals surface area contributed by atoms with Gasteiger partial charge in [0.15, 0.2) is 5.82 Å². The zero-order valence-corrected chi connectivity index (χ0v) is 13.6. The molecule has 1 aromatic carbocycles. The van der Waals surface area contributed by atoms with Gasteiger partial charge in [-0.3, -0.25) is 0 Å².